The topological polar surface area (TPSA) is 9.23 Å². The molecule has 0 radical (unpaired) electrons. The average molecular weight is 568 g/mol. The number of allylic oxidation sites excluding steroid dienone is 1. The van der Waals surface area contributed by atoms with Crippen LogP contribution in [-0.4, -0.2) is 7.11 Å². The number of hydrogen-bond donors (Lipinski definition) is 0. The van der Waals surface area contributed by atoms with Crippen molar-refractivity contribution < 1.29 is 4.74 Å². The van der Waals surface area contributed by atoms with Crippen molar-refractivity contribution in [1.29, 1.82) is 0 Å². The number of rotatable bonds is 2. The Labute approximate surface area is 216 Å². The quantitative estimate of drug-likeness (QED) is 0.236. The predicted octanol–water partition coefficient (Wildman–Crippen LogP) is 8.47. The number of halogens is 2. The molecule has 164 valence electrons. The molecule has 3 heteroatoms. The summed E-state index contributed by atoms with van der Waals surface area (Å²) in [5.74, 6) is 0. The first-order valence-electron chi connectivity index (χ1n) is 11.4. The summed E-state index contributed by atoms with van der Waals surface area (Å²) < 4.78 is 7.75. The van der Waals surface area contributed by atoms with Crippen molar-refractivity contribution in [3.63, 3.8) is 0 Å². The zero-order chi connectivity index (χ0) is 23.1. The molecule has 0 amide bonds. The summed E-state index contributed by atoms with van der Waals surface area (Å²) in [4.78, 5) is 2.11. The minimum absolute atomic E-state index is 0.357. The molecule has 34 heavy (non-hydrogen) atoms. The lowest BCUT2D eigenvalue weighted by Crippen LogP contribution is -2.46. The predicted molar refractivity (Wildman–Crippen MR) is 145 cm³/mol. The van der Waals surface area contributed by atoms with Crippen LogP contribution in [0, 0.1) is 0 Å². The van der Waals surface area contributed by atoms with E-state index in [4.69, 9.17) is 4.74 Å². The molecule has 0 aromatic heterocycles. The third-order valence-corrected chi connectivity index (χ3v) is 9.29. The van der Waals surface area contributed by atoms with Crippen LogP contribution in [0.1, 0.15) is 22.3 Å². The Kier molecular flexibility index (Phi) is 4.34. The second kappa shape index (κ2) is 7.14. The molecule has 0 atom stereocenters. The maximum absolute atomic E-state index is 6.59. The van der Waals surface area contributed by atoms with Gasteiger partial charge in [0.1, 0.15) is 5.60 Å². The lowest BCUT2D eigenvalue weighted by molar-refractivity contribution is 0.0560. The summed E-state index contributed by atoms with van der Waals surface area (Å²) in [6.07, 6.45) is 0. The van der Waals surface area contributed by atoms with Crippen LogP contribution in [0.2, 0.25) is 0 Å². The standard InChI is InChI=1S/C31H20Br2O/c1-34-31(25-16-8-4-12-21(25)22-13-5-9-17-26(22)31)28-27(18-32)30(29(28)33)23-14-6-2-10-19(23)20-11-3-7-15-24(20)30/h2-18H,1H3/b27-18+. The summed E-state index contributed by atoms with van der Waals surface area (Å²) in [5, 5.41) is 0. The molecule has 4 aromatic carbocycles. The average Bonchev–Trinajstić information content (AvgIpc) is 3.37. The minimum atomic E-state index is -0.691. The van der Waals surface area contributed by atoms with Gasteiger partial charge in [0.25, 0.3) is 0 Å². The van der Waals surface area contributed by atoms with Crippen LogP contribution < -0.4 is 0 Å². The monoisotopic (exact) mass is 566 g/mol. The molecule has 4 aromatic rings. The van der Waals surface area contributed by atoms with Crippen molar-refractivity contribution in [3.8, 4) is 22.3 Å². The summed E-state index contributed by atoms with van der Waals surface area (Å²) >= 11 is 7.95. The van der Waals surface area contributed by atoms with E-state index in [0.717, 1.165) is 4.48 Å². The van der Waals surface area contributed by atoms with Crippen LogP contribution in [-0.2, 0) is 15.8 Å². The Morgan fingerprint density at radius 3 is 1.41 bits per heavy atom. The van der Waals surface area contributed by atoms with Gasteiger partial charge in [0, 0.05) is 28.3 Å². The largest absolute Gasteiger partial charge is 0.364 e. The van der Waals surface area contributed by atoms with Gasteiger partial charge in [0.05, 0.1) is 5.41 Å². The summed E-state index contributed by atoms with van der Waals surface area (Å²) in [7, 11) is 1.83. The lowest BCUT2D eigenvalue weighted by atomic mass is 9.56. The van der Waals surface area contributed by atoms with E-state index in [1.165, 1.54) is 55.7 Å². The minimum Gasteiger partial charge on any atom is -0.364 e. The van der Waals surface area contributed by atoms with Gasteiger partial charge in [-0.2, -0.15) is 0 Å². The Bertz CT molecular complexity index is 1480. The molecule has 1 spiro atoms. The molecule has 1 nitrogen and oxygen atoms in total. The van der Waals surface area contributed by atoms with Crippen LogP contribution in [0.25, 0.3) is 22.3 Å². The first-order valence-corrected chi connectivity index (χ1v) is 13.1. The van der Waals surface area contributed by atoms with E-state index in [0.29, 0.717) is 0 Å². The summed E-state index contributed by atoms with van der Waals surface area (Å²) in [5.41, 5.74) is 11.4. The molecule has 0 aliphatic heterocycles. The lowest BCUT2D eigenvalue weighted by Gasteiger charge is -2.51. The number of hydrogen-bond acceptors (Lipinski definition) is 1. The Morgan fingerprint density at radius 2 is 1.00 bits per heavy atom. The molecule has 0 saturated heterocycles. The molecule has 3 aliphatic rings. The van der Waals surface area contributed by atoms with E-state index in [1.54, 1.807) is 0 Å². The molecule has 0 bridgehead atoms. The van der Waals surface area contributed by atoms with Crippen molar-refractivity contribution in [3.05, 3.63) is 140 Å². The molecular formula is C31H20Br2O. The number of ether oxygens (including phenoxy) is 1. The van der Waals surface area contributed by atoms with Gasteiger partial charge in [-0.25, -0.2) is 0 Å². The summed E-state index contributed by atoms with van der Waals surface area (Å²) in [6.45, 7) is 0. The first kappa shape index (κ1) is 20.6. The number of fused-ring (bicyclic) bond motifs is 8. The smallest absolute Gasteiger partial charge is 0.145 e. The van der Waals surface area contributed by atoms with Crippen LogP contribution in [0.3, 0.4) is 0 Å². The Morgan fingerprint density at radius 1 is 0.618 bits per heavy atom. The van der Waals surface area contributed by atoms with Crippen molar-refractivity contribution in [2.75, 3.05) is 7.11 Å². The van der Waals surface area contributed by atoms with Gasteiger partial charge in [-0.15, -0.1) is 0 Å². The summed E-state index contributed by atoms with van der Waals surface area (Å²) in [6, 6.07) is 34.8. The van der Waals surface area contributed by atoms with Gasteiger partial charge < -0.3 is 4.74 Å². The fraction of sp³-hybridized carbons (Fsp3) is 0.0968. The van der Waals surface area contributed by atoms with Crippen LogP contribution in [0.5, 0.6) is 0 Å². The fourth-order valence-corrected chi connectivity index (χ4v) is 8.28. The van der Waals surface area contributed by atoms with Gasteiger partial charge in [-0.3, -0.25) is 0 Å². The highest BCUT2D eigenvalue weighted by atomic mass is 79.9. The van der Waals surface area contributed by atoms with E-state index >= 15 is 0 Å². The molecule has 0 saturated carbocycles. The highest BCUT2D eigenvalue weighted by Crippen LogP contribution is 2.71. The zero-order valence-corrected chi connectivity index (χ0v) is 21.7. The molecule has 3 aliphatic carbocycles. The van der Waals surface area contributed by atoms with Crippen LogP contribution >= 0.6 is 31.9 Å². The molecular weight excluding hydrogens is 548 g/mol. The van der Waals surface area contributed by atoms with Gasteiger partial charge >= 0.3 is 0 Å². The van der Waals surface area contributed by atoms with E-state index in [2.05, 4.69) is 134 Å². The molecule has 0 heterocycles. The number of methoxy groups -OCH3 is 1. The Balaban J connectivity index is 1.60. The zero-order valence-electron chi connectivity index (χ0n) is 18.5. The highest BCUT2D eigenvalue weighted by Gasteiger charge is 2.63. The van der Waals surface area contributed by atoms with Crippen molar-refractivity contribution in [2.45, 2.75) is 11.0 Å². The SMILES string of the molecule is COC1(C2=C(Br)C3(/C2=C/Br)c2ccccc2-c2ccccc23)c2ccccc2-c2ccccc21. The second-order valence-corrected chi connectivity index (χ2v) is 10.3. The normalized spacial score (nSPS) is 19.0. The van der Waals surface area contributed by atoms with Crippen molar-refractivity contribution in [1.82, 2.24) is 0 Å². The first-order chi connectivity index (χ1) is 16.7. The maximum atomic E-state index is 6.59. The van der Waals surface area contributed by atoms with Crippen LogP contribution in [0.15, 0.2) is 118 Å². The maximum Gasteiger partial charge on any atom is 0.145 e. The molecule has 0 fully saturated rings. The van der Waals surface area contributed by atoms with Gasteiger partial charge in [-0.05, 0) is 43.9 Å². The van der Waals surface area contributed by atoms with Gasteiger partial charge in [0.15, 0.2) is 0 Å². The Hall–Kier alpha value is -2.72. The van der Waals surface area contributed by atoms with E-state index in [1.807, 2.05) is 7.11 Å². The second-order valence-electron chi connectivity index (χ2n) is 9.03. The third kappa shape index (κ3) is 2.15. The molecule has 7 rings (SSSR count). The fourth-order valence-electron chi connectivity index (χ4n) is 6.58. The molecule has 0 unspecified atom stereocenters. The van der Waals surface area contributed by atoms with E-state index in [9.17, 15) is 0 Å². The van der Waals surface area contributed by atoms with Crippen molar-refractivity contribution >= 4 is 31.9 Å². The van der Waals surface area contributed by atoms with E-state index in [-0.39, 0.29) is 5.41 Å². The van der Waals surface area contributed by atoms with Crippen LogP contribution in [0.4, 0.5) is 0 Å². The van der Waals surface area contributed by atoms with Gasteiger partial charge in [0.2, 0.25) is 0 Å². The third-order valence-electron chi connectivity index (χ3n) is 7.84. The molecule has 0 N–H and O–H groups in total. The highest BCUT2D eigenvalue weighted by molar-refractivity contribution is 9.12. The van der Waals surface area contributed by atoms with Gasteiger partial charge in [-0.1, -0.05) is 129 Å². The number of benzene rings is 4. The van der Waals surface area contributed by atoms with Crippen molar-refractivity contribution in [2.24, 2.45) is 0 Å². The van der Waals surface area contributed by atoms with E-state index < -0.39 is 5.60 Å².